The summed E-state index contributed by atoms with van der Waals surface area (Å²) in [6, 6.07) is 3.29. The van der Waals surface area contributed by atoms with Crippen molar-refractivity contribution in [2.24, 2.45) is 0 Å². The molecule has 1 aliphatic rings. The van der Waals surface area contributed by atoms with Crippen LogP contribution in [0.15, 0.2) is 34.1 Å². The van der Waals surface area contributed by atoms with Crippen molar-refractivity contribution in [1.29, 1.82) is 0 Å². The summed E-state index contributed by atoms with van der Waals surface area (Å²) in [5.41, 5.74) is -3.38. The molecule has 0 aromatic heterocycles. The Labute approximate surface area is 207 Å². The third-order valence-corrected chi connectivity index (χ3v) is 8.46. The van der Waals surface area contributed by atoms with Crippen LogP contribution in [0, 0.1) is 20.2 Å². The van der Waals surface area contributed by atoms with E-state index in [1.165, 1.54) is 0 Å². The molecule has 2 N–H and O–H groups in total. The van der Waals surface area contributed by atoms with Crippen LogP contribution in [0.1, 0.15) is 55.5 Å². The minimum atomic E-state index is -4.24. The van der Waals surface area contributed by atoms with Gasteiger partial charge in [0.25, 0.3) is 11.4 Å². The fourth-order valence-corrected chi connectivity index (χ4v) is 6.00. The lowest BCUT2D eigenvalue weighted by atomic mass is 10.0. The fourth-order valence-electron chi connectivity index (χ4n) is 3.76. The van der Waals surface area contributed by atoms with E-state index >= 15 is 0 Å². The summed E-state index contributed by atoms with van der Waals surface area (Å²) in [5, 5.41) is 23.7. The second-order valence-electron chi connectivity index (χ2n) is 8.08. The van der Waals surface area contributed by atoms with Crippen LogP contribution in [0.25, 0.3) is 11.1 Å². The highest BCUT2D eigenvalue weighted by Gasteiger charge is 2.41. The Morgan fingerprint density at radius 2 is 1.08 bits per heavy atom. The Bertz CT molecular complexity index is 1360. The minimum absolute atomic E-state index is 0.0651. The summed E-state index contributed by atoms with van der Waals surface area (Å²) in [7, 11) is -8.48. The number of benzene rings is 2. The van der Waals surface area contributed by atoms with E-state index in [1.54, 1.807) is 0 Å². The first-order valence-corrected chi connectivity index (χ1v) is 14.0. The van der Waals surface area contributed by atoms with E-state index in [-0.39, 0.29) is 13.1 Å². The lowest BCUT2D eigenvalue weighted by Crippen LogP contribution is -2.25. The third-order valence-electron chi connectivity index (χ3n) is 5.58. The zero-order valence-electron chi connectivity index (χ0n) is 19.4. The molecule has 194 valence electrons. The molecule has 2 aromatic rings. The van der Waals surface area contributed by atoms with Crippen molar-refractivity contribution in [3.8, 4) is 11.1 Å². The van der Waals surface area contributed by atoms with Gasteiger partial charge in [-0.25, -0.2) is 26.3 Å². The first-order chi connectivity index (χ1) is 16.9. The van der Waals surface area contributed by atoms with Crippen LogP contribution in [0.3, 0.4) is 0 Å². The average molecular weight is 541 g/mol. The SMILES string of the molecule is CCCCNS(=O)(=O)c1cc2c(c([N+](=O)[O-])c1)-c1c(cc(S(=O)(=O)NCCCC)cc1[N+](=O)[O-])C2=O. The first-order valence-electron chi connectivity index (χ1n) is 11.0. The largest absolute Gasteiger partial charge is 0.289 e. The van der Waals surface area contributed by atoms with Gasteiger partial charge < -0.3 is 0 Å². The number of sulfonamides is 2. The van der Waals surface area contributed by atoms with Crippen LogP contribution in [-0.2, 0) is 20.0 Å². The third kappa shape index (κ3) is 5.13. The predicted molar refractivity (Wildman–Crippen MR) is 129 cm³/mol. The highest BCUT2D eigenvalue weighted by atomic mass is 32.2. The van der Waals surface area contributed by atoms with E-state index in [1.807, 2.05) is 13.8 Å². The second-order valence-corrected chi connectivity index (χ2v) is 11.6. The first kappa shape index (κ1) is 27.3. The molecule has 0 aliphatic heterocycles. The van der Waals surface area contributed by atoms with Crippen LogP contribution in [0.2, 0.25) is 0 Å². The normalized spacial score (nSPS) is 12.9. The molecule has 0 amide bonds. The number of unbranched alkanes of at least 4 members (excludes halogenated alkanes) is 2. The standard InChI is InChI=1S/C21H24N4O9S2/c1-3-5-7-22-35(31,32)13-9-15-19(17(11-13)24(27)28)20-16(21(15)26)10-14(12-18(20)25(29)30)36(33,34)23-8-6-4-2/h9-12,22-23H,3-8H2,1-2H3. The predicted octanol–water partition coefficient (Wildman–Crippen LogP) is 2.87. The van der Waals surface area contributed by atoms with Crippen molar-refractivity contribution < 1.29 is 31.5 Å². The van der Waals surface area contributed by atoms with E-state index in [4.69, 9.17) is 0 Å². The van der Waals surface area contributed by atoms with Crippen molar-refractivity contribution >= 4 is 37.2 Å². The maximum Gasteiger partial charge on any atom is 0.279 e. The van der Waals surface area contributed by atoms with Crippen LogP contribution < -0.4 is 9.44 Å². The van der Waals surface area contributed by atoms with Gasteiger partial charge in [-0.3, -0.25) is 25.0 Å². The number of carbonyl (C=O) groups is 1. The highest BCUT2D eigenvalue weighted by molar-refractivity contribution is 7.89. The van der Waals surface area contributed by atoms with Crippen molar-refractivity contribution in [2.45, 2.75) is 49.3 Å². The molecular weight excluding hydrogens is 516 g/mol. The number of ketones is 1. The molecule has 0 unspecified atom stereocenters. The molecule has 1 aliphatic carbocycles. The Balaban J connectivity index is 2.25. The van der Waals surface area contributed by atoms with Crippen LogP contribution in [0.4, 0.5) is 11.4 Å². The van der Waals surface area contributed by atoms with E-state index < -0.39 is 79.1 Å². The van der Waals surface area contributed by atoms with Gasteiger partial charge in [-0.05, 0) is 25.0 Å². The number of fused-ring (bicyclic) bond motifs is 3. The van der Waals surface area contributed by atoms with Crippen LogP contribution >= 0.6 is 0 Å². The van der Waals surface area contributed by atoms with Crippen LogP contribution in [0.5, 0.6) is 0 Å². The molecule has 0 atom stereocenters. The van der Waals surface area contributed by atoms with E-state index in [0.29, 0.717) is 25.7 Å². The number of nitrogens with one attached hydrogen (secondary N) is 2. The molecule has 15 heteroatoms. The molecule has 2 aromatic carbocycles. The van der Waals surface area contributed by atoms with Crippen molar-refractivity contribution in [3.63, 3.8) is 0 Å². The van der Waals surface area contributed by atoms with Gasteiger partial charge in [-0.1, -0.05) is 26.7 Å². The molecule has 0 bridgehead atoms. The average Bonchev–Trinajstić information content (AvgIpc) is 3.10. The maximum absolute atomic E-state index is 13.2. The Hall–Kier alpha value is -3.27. The summed E-state index contributed by atoms with van der Waals surface area (Å²) < 4.78 is 55.4. The highest BCUT2D eigenvalue weighted by Crippen LogP contribution is 2.48. The summed E-state index contributed by atoms with van der Waals surface area (Å²) >= 11 is 0. The number of nitro groups is 2. The van der Waals surface area contributed by atoms with Gasteiger partial charge in [0.05, 0.1) is 30.8 Å². The summed E-state index contributed by atoms with van der Waals surface area (Å²) in [6.07, 6.45) is 2.38. The van der Waals surface area contributed by atoms with Gasteiger partial charge in [0.15, 0.2) is 5.78 Å². The van der Waals surface area contributed by atoms with Crippen molar-refractivity contribution in [1.82, 2.24) is 9.44 Å². The van der Waals surface area contributed by atoms with Crippen molar-refractivity contribution in [3.05, 3.63) is 55.6 Å². The topological polar surface area (TPSA) is 196 Å². The number of rotatable bonds is 12. The maximum atomic E-state index is 13.2. The Morgan fingerprint density at radius 1 is 0.722 bits per heavy atom. The lowest BCUT2D eigenvalue weighted by Gasteiger charge is -2.10. The van der Waals surface area contributed by atoms with Crippen LogP contribution in [-0.4, -0.2) is 45.6 Å². The molecule has 13 nitrogen and oxygen atoms in total. The summed E-state index contributed by atoms with van der Waals surface area (Å²) in [4.78, 5) is 34.0. The fraction of sp³-hybridized carbons (Fsp3) is 0.381. The quantitative estimate of drug-likeness (QED) is 0.197. The monoisotopic (exact) mass is 540 g/mol. The molecular formula is C21H24N4O9S2. The molecule has 3 rings (SSSR count). The summed E-state index contributed by atoms with van der Waals surface area (Å²) in [6.45, 7) is 3.81. The molecule has 0 radical (unpaired) electrons. The molecule has 0 fully saturated rings. The van der Waals surface area contributed by atoms with Gasteiger partial charge in [0, 0.05) is 36.3 Å². The smallest absolute Gasteiger partial charge is 0.279 e. The molecule has 0 spiro atoms. The second kappa shape index (κ2) is 10.4. The van der Waals surface area contributed by atoms with Gasteiger partial charge in [-0.15, -0.1) is 0 Å². The number of carbonyl (C=O) groups excluding carboxylic acids is 1. The van der Waals surface area contributed by atoms with Gasteiger partial charge >= 0.3 is 0 Å². The number of nitro benzene ring substituents is 2. The number of hydrogen-bond acceptors (Lipinski definition) is 9. The minimum Gasteiger partial charge on any atom is -0.289 e. The Kier molecular flexibility index (Phi) is 7.88. The Morgan fingerprint density at radius 3 is 1.39 bits per heavy atom. The van der Waals surface area contributed by atoms with Gasteiger partial charge in [0.1, 0.15) is 0 Å². The van der Waals surface area contributed by atoms with E-state index in [2.05, 4.69) is 9.44 Å². The number of hydrogen-bond donors (Lipinski definition) is 2. The van der Waals surface area contributed by atoms with Crippen molar-refractivity contribution in [2.75, 3.05) is 13.1 Å². The molecule has 36 heavy (non-hydrogen) atoms. The van der Waals surface area contributed by atoms with Gasteiger partial charge in [-0.2, -0.15) is 0 Å². The zero-order chi connectivity index (χ0) is 26.8. The number of nitrogens with zero attached hydrogens (tertiary/aromatic N) is 2. The lowest BCUT2D eigenvalue weighted by molar-refractivity contribution is -0.386. The molecule has 0 heterocycles. The van der Waals surface area contributed by atoms with E-state index in [0.717, 1.165) is 24.3 Å². The van der Waals surface area contributed by atoms with E-state index in [9.17, 15) is 41.9 Å². The summed E-state index contributed by atoms with van der Waals surface area (Å²) in [5.74, 6) is -0.956. The van der Waals surface area contributed by atoms with Gasteiger partial charge in [0.2, 0.25) is 20.0 Å². The zero-order valence-corrected chi connectivity index (χ0v) is 21.1. The molecule has 0 saturated heterocycles. The molecule has 0 saturated carbocycles.